The van der Waals surface area contributed by atoms with Gasteiger partial charge in [-0.05, 0) is 25.5 Å². The normalized spacial score (nSPS) is 11.0. The topological polar surface area (TPSA) is 49.9 Å². The molecule has 2 rings (SSSR count). The van der Waals surface area contributed by atoms with Gasteiger partial charge in [0.1, 0.15) is 0 Å². The van der Waals surface area contributed by atoms with Gasteiger partial charge in [-0.25, -0.2) is 0 Å². The van der Waals surface area contributed by atoms with Crippen molar-refractivity contribution in [3.8, 4) is 0 Å². The SMILES string of the molecule is CCCCCCCC(=O)c1[nH]c2ccccc2c(=O)c1C. The summed E-state index contributed by atoms with van der Waals surface area (Å²) in [5.74, 6) is 0.0480. The van der Waals surface area contributed by atoms with E-state index in [9.17, 15) is 9.59 Å². The molecular weight excluding hydrogens is 262 g/mol. The Kier molecular flexibility index (Phi) is 5.32. The third-order valence-corrected chi connectivity index (χ3v) is 3.93. The fourth-order valence-electron chi connectivity index (χ4n) is 2.63. The maximum absolute atomic E-state index is 12.3. The first-order valence-corrected chi connectivity index (χ1v) is 7.80. The van der Waals surface area contributed by atoms with Crippen LogP contribution in [0.2, 0.25) is 0 Å². The molecular formula is C18H23NO2. The van der Waals surface area contributed by atoms with Crippen LogP contribution in [0.5, 0.6) is 0 Å². The molecule has 0 radical (unpaired) electrons. The van der Waals surface area contributed by atoms with E-state index in [0.29, 0.717) is 23.1 Å². The van der Waals surface area contributed by atoms with Gasteiger partial charge in [0.25, 0.3) is 0 Å². The van der Waals surface area contributed by atoms with Gasteiger partial charge in [0.15, 0.2) is 11.2 Å². The summed E-state index contributed by atoms with van der Waals surface area (Å²) in [4.78, 5) is 27.8. The molecule has 0 saturated heterocycles. The fraction of sp³-hybridized carbons (Fsp3) is 0.444. The zero-order chi connectivity index (χ0) is 15.2. The highest BCUT2D eigenvalue weighted by molar-refractivity contribution is 5.97. The highest BCUT2D eigenvalue weighted by atomic mass is 16.1. The second kappa shape index (κ2) is 7.21. The van der Waals surface area contributed by atoms with Crippen molar-refractivity contribution in [2.45, 2.75) is 52.4 Å². The predicted molar refractivity (Wildman–Crippen MR) is 87.0 cm³/mol. The van der Waals surface area contributed by atoms with E-state index >= 15 is 0 Å². The molecule has 0 unspecified atom stereocenters. The van der Waals surface area contributed by atoms with Crippen molar-refractivity contribution in [3.63, 3.8) is 0 Å². The van der Waals surface area contributed by atoms with Crippen LogP contribution in [0.15, 0.2) is 29.1 Å². The number of Topliss-reactive ketones (excluding diaryl/α,β-unsaturated/α-hetero) is 1. The minimum Gasteiger partial charge on any atom is -0.352 e. The average molecular weight is 285 g/mol. The van der Waals surface area contributed by atoms with Gasteiger partial charge < -0.3 is 4.98 Å². The molecule has 1 aromatic carbocycles. The third-order valence-electron chi connectivity index (χ3n) is 3.93. The van der Waals surface area contributed by atoms with Gasteiger partial charge in [-0.2, -0.15) is 0 Å². The summed E-state index contributed by atoms with van der Waals surface area (Å²) < 4.78 is 0. The zero-order valence-corrected chi connectivity index (χ0v) is 12.9. The van der Waals surface area contributed by atoms with Crippen LogP contribution in [-0.2, 0) is 0 Å². The molecule has 0 aliphatic heterocycles. The van der Waals surface area contributed by atoms with Crippen LogP contribution in [-0.4, -0.2) is 10.8 Å². The molecule has 0 amide bonds. The molecule has 1 heterocycles. The molecule has 0 spiro atoms. The van der Waals surface area contributed by atoms with Crippen molar-refractivity contribution >= 4 is 16.7 Å². The summed E-state index contributed by atoms with van der Waals surface area (Å²) in [6, 6.07) is 7.34. The van der Waals surface area contributed by atoms with Crippen molar-refractivity contribution < 1.29 is 4.79 Å². The van der Waals surface area contributed by atoms with Gasteiger partial charge in [-0.3, -0.25) is 9.59 Å². The van der Waals surface area contributed by atoms with Gasteiger partial charge in [0, 0.05) is 22.9 Å². The molecule has 0 atom stereocenters. The first-order valence-electron chi connectivity index (χ1n) is 7.80. The van der Waals surface area contributed by atoms with Crippen LogP contribution < -0.4 is 5.43 Å². The summed E-state index contributed by atoms with van der Waals surface area (Å²) in [5.41, 5.74) is 1.71. The number of benzene rings is 1. The molecule has 3 heteroatoms. The van der Waals surface area contributed by atoms with Crippen LogP contribution in [0.1, 0.15) is 61.5 Å². The molecule has 0 aliphatic carbocycles. The summed E-state index contributed by atoms with van der Waals surface area (Å²) >= 11 is 0. The molecule has 0 saturated carbocycles. The van der Waals surface area contributed by atoms with E-state index in [4.69, 9.17) is 0 Å². The van der Waals surface area contributed by atoms with E-state index in [1.54, 1.807) is 13.0 Å². The largest absolute Gasteiger partial charge is 0.352 e. The van der Waals surface area contributed by atoms with Crippen molar-refractivity contribution in [1.82, 2.24) is 4.98 Å². The number of H-pyrrole nitrogens is 1. The molecule has 0 bridgehead atoms. The highest BCUT2D eigenvalue weighted by Gasteiger charge is 2.14. The van der Waals surface area contributed by atoms with Crippen molar-refractivity contribution in [2.75, 3.05) is 0 Å². The summed E-state index contributed by atoms with van der Waals surface area (Å²) in [5, 5.41) is 0.648. The number of aromatic amines is 1. The number of carbonyl (C=O) groups is 1. The van der Waals surface area contributed by atoms with E-state index in [1.807, 2.05) is 18.2 Å². The minimum absolute atomic E-state index is 0.0429. The number of para-hydroxylation sites is 1. The fourth-order valence-corrected chi connectivity index (χ4v) is 2.63. The number of hydrogen-bond acceptors (Lipinski definition) is 2. The van der Waals surface area contributed by atoms with Crippen molar-refractivity contribution in [2.24, 2.45) is 0 Å². The Labute approximate surface area is 125 Å². The van der Waals surface area contributed by atoms with Crippen LogP contribution >= 0.6 is 0 Å². The number of carbonyl (C=O) groups excluding carboxylic acids is 1. The second-order valence-corrected chi connectivity index (χ2v) is 5.59. The van der Waals surface area contributed by atoms with Gasteiger partial charge >= 0.3 is 0 Å². The molecule has 1 aromatic heterocycles. The van der Waals surface area contributed by atoms with Gasteiger partial charge in [0.05, 0.1) is 5.69 Å². The van der Waals surface area contributed by atoms with Crippen molar-refractivity contribution in [1.29, 1.82) is 0 Å². The molecule has 21 heavy (non-hydrogen) atoms. The zero-order valence-electron chi connectivity index (χ0n) is 12.9. The Bertz CT molecular complexity index is 685. The number of rotatable bonds is 7. The number of ketones is 1. The standard InChI is InChI=1S/C18H23NO2/c1-3-4-5-6-7-12-16(20)17-13(2)18(21)14-10-8-9-11-15(14)19-17/h8-11H,3-7,12H2,1-2H3,(H,19,21). The molecule has 0 fully saturated rings. The van der Waals surface area contributed by atoms with E-state index in [-0.39, 0.29) is 11.2 Å². The molecule has 3 nitrogen and oxygen atoms in total. The monoisotopic (exact) mass is 285 g/mol. The maximum atomic E-state index is 12.3. The Morgan fingerprint density at radius 1 is 1.10 bits per heavy atom. The number of unbranched alkanes of at least 4 members (excludes halogenated alkanes) is 4. The third kappa shape index (κ3) is 3.60. The predicted octanol–water partition coefficient (Wildman–Crippen LogP) is 4.38. The molecule has 1 N–H and O–H groups in total. The van der Waals surface area contributed by atoms with Gasteiger partial charge in [-0.1, -0.05) is 44.7 Å². The van der Waals surface area contributed by atoms with Gasteiger partial charge in [0.2, 0.25) is 0 Å². The summed E-state index contributed by atoms with van der Waals surface area (Å²) in [6.07, 6.45) is 6.09. The smallest absolute Gasteiger partial charge is 0.193 e. The Balaban J connectivity index is 2.16. The first kappa shape index (κ1) is 15.5. The van der Waals surface area contributed by atoms with E-state index < -0.39 is 0 Å². The average Bonchev–Trinajstić information content (AvgIpc) is 2.50. The number of nitrogens with one attached hydrogen (secondary N) is 1. The molecule has 0 aliphatic rings. The number of hydrogen-bond donors (Lipinski definition) is 1. The van der Waals surface area contributed by atoms with E-state index in [1.165, 1.54) is 19.3 Å². The lowest BCUT2D eigenvalue weighted by atomic mass is 10.0. The first-order chi connectivity index (χ1) is 10.1. The lowest BCUT2D eigenvalue weighted by molar-refractivity contribution is 0.0974. The second-order valence-electron chi connectivity index (χ2n) is 5.59. The number of pyridine rings is 1. The quantitative estimate of drug-likeness (QED) is 0.606. The van der Waals surface area contributed by atoms with Gasteiger partial charge in [-0.15, -0.1) is 0 Å². The Hall–Kier alpha value is -1.90. The van der Waals surface area contributed by atoms with Crippen LogP contribution in [0.3, 0.4) is 0 Å². The lowest BCUT2D eigenvalue weighted by Gasteiger charge is -2.07. The highest BCUT2D eigenvalue weighted by Crippen LogP contribution is 2.14. The number of fused-ring (bicyclic) bond motifs is 1. The summed E-state index contributed by atoms with van der Waals surface area (Å²) in [6.45, 7) is 3.91. The van der Waals surface area contributed by atoms with Crippen molar-refractivity contribution in [3.05, 3.63) is 45.7 Å². The van der Waals surface area contributed by atoms with Crippen LogP contribution in [0.25, 0.3) is 10.9 Å². The molecule has 2 aromatic rings. The lowest BCUT2D eigenvalue weighted by Crippen LogP contribution is -2.15. The van der Waals surface area contributed by atoms with E-state index in [0.717, 1.165) is 18.4 Å². The minimum atomic E-state index is -0.0429. The maximum Gasteiger partial charge on any atom is 0.193 e. The van der Waals surface area contributed by atoms with Crippen LogP contribution in [0, 0.1) is 6.92 Å². The Morgan fingerprint density at radius 3 is 2.57 bits per heavy atom. The van der Waals surface area contributed by atoms with E-state index in [2.05, 4.69) is 11.9 Å². The summed E-state index contributed by atoms with van der Waals surface area (Å²) in [7, 11) is 0. The Morgan fingerprint density at radius 2 is 1.81 bits per heavy atom. The molecule has 112 valence electrons. The van der Waals surface area contributed by atoms with Crippen LogP contribution in [0.4, 0.5) is 0 Å². The number of aromatic nitrogens is 1.